The molecular weight excluding hydrogens is 281 g/mol. The zero-order valence-corrected chi connectivity index (χ0v) is 12.3. The topological polar surface area (TPSA) is 12.0 Å². The molecule has 1 rings (SSSR count). The summed E-state index contributed by atoms with van der Waals surface area (Å²) in [5, 5.41) is 3.41. The standard InChI is InChI=1S/C14H21BrFN/c1-4-17-11(3)7-10(2)8-12-5-6-14(16)13(15)9-12/h5-6,9-11,17H,4,7-8H2,1-3H3. The molecule has 0 aliphatic rings. The number of rotatable bonds is 6. The Morgan fingerprint density at radius 1 is 1.35 bits per heavy atom. The second-order valence-electron chi connectivity index (χ2n) is 4.75. The molecule has 0 saturated carbocycles. The van der Waals surface area contributed by atoms with E-state index in [1.807, 2.05) is 12.1 Å². The fourth-order valence-corrected chi connectivity index (χ4v) is 2.61. The van der Waals surface area contributed by atoms with E-state index in [0.717, 1.165) is 19.4 Å². The minimum atomic E-state index is -0.192. The largest absolute Gasteiger partial charge is 0.315 e. The molecule has 2 unspecified atom stereocenters. The summed E-state index contributed by atoms with van der Waals surface area (Å²) in [7, 11) is 0. The molecule has 96 valence electrons. The highest BCUT2D eigenvalue weighted by Gasteiger charge is 2.09. The molecule has 0 aromatic heterocycles. The first-order valence-electron chi connectivity index (χ1n) is 6.20. The lowest BCUT2D eigenvalue weighted by Crippen LogP contribution is -2.27. The predicted octanol–water partition coefficient (Wildman–Crippen LogP) is 4.15. The zero-order chi connectivity index (χ0) is 12.8. The van der Waals surface area contributed by atoms with Crippen molar-refractivity contribution in [1.29, 1.82) is 0 Å². The second kappa shape index (κ2) is 7.12. The summed E-state index contributed by atoms with van der Waals surface area (Å²) in [4.78, 5) is 0. The van der Waals surface area contributed by atoms with Crippen LogP contribution in [0.1, 0.15) is 32.8 Å². The maximum atomic E-state index is 13.1. The van der Waals surface area contributed by atoms with E-state index in [9.17, 15) is 4.39 Å². The van der Waals surface area contributed by atoms with Crippen molar-refractivity contribution in [3.63, 3.8) is 0 Å². The fourth-order valence-electron chi connectivity index (χ4n) is 2.19. The van der Waals surface area contributed by atoms with Gasteiger partial charge in [-0.05, 0) is 65.9 Å². The molecule has 0 fully saturated rings. The molecule has 1 aromatic carbocycles. The highest BCUT2D eigenvalue weighted by molar-refractivity contribution is 9.10. The molecule has 0 amide bonds. The molecule has 0 aliphatic heterocycles. The van der Waals surface area contributed by atoms with Gasteiger partial charge in [0.1, 0.15) is 5.82 Å². The molecule has 0 radical (unpaired) electrons. The Labute approximate surface area is 112 Å². The van der Waals surface area contributed by atoms with E-state index in [0.29, 0.717) is 16.4 Å². The van der Waals surface area contributed by atoms with Gasteiger partial charge >= 0.3 is 0 Å². The van der Waals surface area contributed by atoms with Crippen LogP contribution in [0.4, 0.5) is 4.39 Å². The average Bonchev–Trinajstić information content (AvgIpc) is 2.23. The number of hydrogen-bond donors (Lipinski definition) is 1. The van der Waals surface area contributed by atoms with Crippen molar-refractivity contribution in [2.45, 2.75) is 39.7 Å². The van der Waals surface area contributed by atoms with Crippen LogP contribution in [-0.4, -0.2) is 12.6 Å². The van der Waals surface area contributed by atoms with Gasteiger partial charge in [0.05, 0.1) is 4.47 Å². The smallest absolute Gasteiger partial charge is 0.137 e. The van der Waals surface area contributed by atoms with Gasteiger partial charge in [-0.15, -0.1) is 0 Å². The van der Waals surface area contributed by atoms with E-state index in [1.54, 1.807) is 0 Å². The van der Waals surface area contributed by atoms with Gasteiger partial charge in [-0.1, -0.05) is 19.9 Å². The zero-order valence-electron chi connectivity index (χ0n) is 10.8. The lowest BCUT2D eigenvalue weighted by atomic mass is 9.95. The quantitative estimate of drug-likeness (QED) is 0.832. The molecule has 0 spiro atoms. The second-order valence-corrected chi connectivity index (χ2v) is 5.61. The van der Waals surface area contributed by atoms with Crippen LogP contribution < -0.4 is 5.32 Å². The normalized spacial score (nSPS) is 14.6. The van der Waals surface area contributed by atoms with E-state index in [4.69, 9.17) is 0 Å². The number of hydrogen-bond acceptors (Lipinski definition) is 1. The Bertz CT molecular complexity index is 354. The van der Waals surface area contributed by atoms with Gasteiger partial charge in [0.25, 0.3) is 0 Å². The van der Waals surface area contributed by atoms with E-state index in [1.165, 1.54) is 11.6 Å². The van der Waals surface area contributed by atoms with Crippen molar-refractivity contribution in [1.82, 2.24) is 5.32 Å². The molecule has 1 N–H and O–H groups in total. The van der Waals surface area contributed by atoms with Gasteiger partial charge in [0.2, 0.25) is 0 Å². The fraction of sp³-hybridized carbons (Fsp3) is 0.571. The Balaban J connectivity index is 2.50. The van der Waals surface area contributed by atoms with Crippen molar-refractivity contribution in [2.75, 3.05) is 6.54 Å². The minimum absolute atomic E-state index is 0.192. The summed E-state index contributed by atoms with van der Waals surface area (Å²) in [5.41, 5.74) is 1.19. The van der Waals surface area contributed by atoms with Gasteiger partial charge in [0.15, 0.2) is 0 Å². The molecular formula is C14H21BrFN. The van der Waals surface area contributed by atoms with Crippen molar-refractivity contribution < 1.29 is 4.39 Å². The molecule has 2 atom stereocenters. The molecule has 0 aliphatic carbocycles. The van der Waals surface area contributed by atoms with Gasteiger partial charge in [-0.25, -0.2) is 4.39 Å². The molecule has 1 aromatic rings. The van der Waals surface area contributed by atoms with Crippen LogP contribution in [0.2, 0.25) is 0 Å². The highest BCUT2D eigenvalue weighted by atomic mass is 79.9. The third-order valence-corrected chi connectivity index (χ3v) is 3.48. The average molecular weight is 302 g/mol. The van der Waals surface area contributed by atoms with Gasteiger partial charge < -0.3 is 5.32 Å². The van der Waals surface area contributed by atoms with Crippen LogP contribution in [-0.2, 0) is 6.42 Å². The van der Waals surface area contributed by atoms with Crippen molar-refractivity contribution in [3.05, 3.63) is 34.1 Å². The predicted molar refractivity (Wildman–Crippen MR) is 74.7 cm³/mol. The SMILES string of the molecule is CCNC(C)CC(C)Cc1ccc(F)c(Br)c1. The number of benzene rings is 1. The Hall–Kier alpha value is -0.410. The van der Waals surface area contributed by atoms with Crippen LogP contribution >= 0.6 is 15.9 Å². The van der Waals surface area contributed by atoms with Crippen molar-refractivity contribution in [3.8, 4) is 0 Å². The van der Waals surface area contributed by atoms with Crippen LogP contribution in [0.3, 0.4) is 0 Å². The highest BCUT2D eigenvalue weighted by Crippen LogP contribution is 2.20. The lowest BCUT2D eigenvalue weighted by molar-refractivity contribution is 0.426. The van der Waals surface area contributed by atoms with Crippen LogP contribution in [0, 0.1) is 11.7 Å². The summed E-state index contributed by atoms with van der Waals surface area (Å²) < 4.78 is 13.6. The van der Waals surface area contributed by atoms with Gasteiger partial charge in [-0.3, -0.25) is 0 Å². The van der Waals surface area contributed by atoms with Crippen molar-refractivity contribution >= 4 is 15.9 Å². The molecule has 3 heteroatoms. The first-order valence-corrected chi connectivity index (χ1v) is 6.99. The van der Waals surface area contributed by atoms with E-state index < -0.39 is 0 Å². The summed E-state index contributed by atoms with van der Waals surface area (Å²) >= 11 is 3.22. The molecule has 17 heavy (non-hydrogen) atoms. The lowest BCUT2D eigenvalue weighted by Gasteiger charge is -2.18. The van der Waals surface area contributed by atoms with E-state index in [2.05, 4.69) is 42.0 Å². The van der Waals surface area contributed by atoms with E-state index >= 15 is 0 Å². The van der Waals surface area contributed by atoms with Crippen molar-refractivity contribution in [2.24, 2.45) is 5.92 Å². The Kier molecular flexibility index (Phi) is 6.14. The summed E-state index contributed by atoms with van der Waals surface area (Å²) in [6.07, 6.45) is 2.14. The monoisotopic (exact) mass is 301 g/mol. The number of halogens is 2. The molecule has 0 heterocycles. The van der Waals surface area contributed by atoms with Crippen LogP contribution in [0.25, 0.3) is 0 Å². The molecule has 1 nitrogen and oxygen atoms in total. The Morgan fingerprint density at radius 3 is 2.65 bits per heavy atom. The maximum absolute atomic E-state index is 13.1. The minimum Gasteiger partial charge on any atom is -0.315 e. The third-order valence-electron chi connectivity index (χ3n) is 2.88. The molecule has 0 bridgehead atoms. The summed E-state index contributed by atoms with van der Waals surface area (Å²) in [6.45, 7) is 7.58. The summed E-state index contributed by atoms with van der Waals surface area (Å²) in [6, 6.07) is 5.82. The van der Waals surface area contributed by atoms with Crippen LogP contribution in [0.15, 0.2) is 22.7 Å². The van der Waals surface area contributed by atoms with Gasteiger partial charge in [0, 0.05) is 6.04 Å². The van der Waals surface area contributed by atoms with Gasteiger partial charge in [-0.2, -0.15) is 0 Å². The van der Waals surface area contributed by atoms with E-state index in [-0.39, 0.29) is 5.82 Å². The first kappa shape index (κ1) is 14.7. The third kappa shape index (κ3) is 5.17. The molecule has 0 saturated heterocycles. The Morgan fingerprint density at radius 2 is 2.06 bits per heavy atom. The first-order chi connectivity index (χ1) is 8.02. The summed E-state index contributed by atoms with van der Waals surface area (Å²) in [5.74, 6) is 0.406. The van der Waals surface area contributed by atoms with Crippen LogP contribution in [0.5, 0.6) is 0 Å². The number of nitrogens with one attached hydrogen (secondary N) is 1. The maximum Gasteiger partial charge on any atom is 0.137 e.